The zero-order valence-electron chi connectivity index (χ0n) is 10.4. The van der Waals surface area contributed by atoms with Crippen molar-refractivity contribution in [1.82, 2.24) is 10.6 Å². The van der Waals surface area contributed by atoms with Crippen LogP contribution in [0, 0.1) is 0 Å². The van der Waals surface area contributed by atoms with Crippen molar-refractivity contribution in [3.8, 4) is 0 Å². The summed E-state index contributed by atoms with van der Waals surface area (Å²) in [6.45, 7) is 6.03. The van der Waals surface area contributed by atoms with Gasteiger partial charge in [0, 0.05) is 0 Å². The first-order valence-electron chi connectivity index (χ1n) is 5.11. The predicted molar refractivity (Wildman–Crippen MR) is 59.5 cm³/mol. The first-order valence-corrected chi connectivity index (χ1v) is 5.11. The number of hydrogen-bond donors (Lipinski definition) is 3. The molecular formula is C10H18N2O5. The molecule has 98 valence electrons. The Hall–Kier alpha value is -1.79. The second kappa shape index (κ2) is 6.07. The molecule has 0 rings (SSSR count). The van der Waals surface area contributed by atoms with Crippen molar-refractivity contribution in [2.75, 3.05) is 6.54 Å². The largest absolute Gasteiger partial charge is 0.480 e. The highest BCUT2D eigenvalue weighted by molar-refractivity contribution is 5.87. The lowest BCUT2D eigenvalue weighted by molar-refractivity contribution is -0.138. The molecule has 3 N–H and O–H groups in total. The fourth-order valence-corrected chi connectivity index (χ4v) is 0.866. The normalized spacial score (nSPS) is 12.5. The summed E-state index contributed by atoms with van der Waals surface area (Å²) in [5.41, 5.74) is -0.651. The van der Waals surface area contributed by atoms with Crippen molar-refractivity contribution in [3.63, 3.8) is 0 Å². The minimum absolute atomic E-state index is 0.487. The lowest BCUT2D eigenvalue weighted by Crippen LogP contribution is -2.47. The maximum atomic E-state index is 11.3. The number of nitrogens with one attached hydrogen (secondary N) is 2. The van der Waals surface area contributed by atoms with Gasteiger partial charge in [0.15, 0.2) is 0 Å². The molecule has 0 aliphatic carbocycles. The molecular weight excluding hydrogens is 229 g/mol. The summed E-state index contributed by atoms with van der Waals surface area (Å²) >= 11 is 0. The number of alkyl carbamates (subject to hydrolysis) is 1. The van der Waals surface area contributed by atoms with Gasteiger partial charge in [-0.3, -0.25) is 9.59 Å². The van der Waals surface area contributed by atoms with Crippen LogP contribution >= 0.6 is 0 Å². The molecule has 0 fully saturated rings. The molecule has 0 bridgehead atoms. The molecule has 0 saturated carbocycles. The Labute approximate surface area is 99.5 Å². The highest BCUT2D eigenvalue weighted by atomic mass is 16.6. The molecule has 0 saturated heterocycles. The Morgan fingerprint density at radius 3 is 2.24 bits per heavy atom. The van der Waals surface area contributed by atoms with Crippen LogP contribution in [0.2, 0.25) is 0 Å². The van der Waals surface area contributed by atoms with Gasteiger partial charge < -0.3 is 20.5 Å². The zero-order chi connectivity index (χ0) is 13.6. The van der Waals surface area contributed by atoms with Crippen LogP contribution in [0.5, 0.6) is 0 Å². The van der Waals surface area contributed by atoms with Crippen molar-refractivity contribution < 1.29 is 24.2 Å². The van der Waals surface area contributed by atoms with E-state index in [-0.39, 0.29) is 0 Å². The number of amides is 2. The fourth-order valence-electron chi connectivity index (χ4n) is 0.866. The van der Waals surface area contributed by atoms with Crippen molar-refractivity contribution in [1.29, 1.82) is 0 Å². The van der Waals surface area contributed by atoms with Crippen LogP contribution in [-0.2, 0) is 14.3 Å². The first kappa shape index (κ1) is 15.2. The average molecular weight is 247 g/mol. The van der Waals surface area contributed by atoms with Gasteiger partial charge in [0.1, 0.15) is 18.2 Å². The Bertz CT molecular complexity index is 308. The van der Waals surface area contributed by atoms with Crippen molar-refractivity contribution in [3.05, 3.63) is 0 Å². The molecule has 1 unspecified atom stereocenters. The van der Waals surface area contributed by atoms with Gasteiger partial charge in [-0.2, -0.15) is 0 Å². The third kappa shape index (κ3) is 8.06. The fraction of sp³-hybridized carbons (Fsp3) is 0.700. The third-order valence-corrected chi connectivity index (χ3v) is 1.54. The van der Waals surface area contributed by atoms with E-state index in [1.807, 2.05) is 0 Å². The van der Waals surface area contributed by atoms with E-state index in [2.05, 4.69) is 10.6 Å². The molecule has 17 heavy (non-hydrogen) atoms. The number of aliphatic carboxylic acids is 1. The van der Waals surface area contributed by atoms with Crippen molar-refractivity contribution in [2.24, 2.45) is 0 Å². The van der Waals surface area contributed by atoms with Crippen LogP contribution in [-0.4, -0.2) is 41.3 Å². The minimum Gasteiger partial charge on any atom is -0.480 e. The van der Waals surface area contributed by atoms with E-state index in [4.69, 9.17) is 9.84 Å². The Kier molecular flexibility index (Phi) is 5.43. The monoisotopic (exact) mass is 247 g/mol. The lowest BCUT2D eigenvalue weighted by atomic mass is 10.2. The van der Waals surface area contributed by atoms with Gasteiger partial charge in [-0.15, -0.1) is 0 Å². The molecule has 7 nitrogen and oxygen atoms in total. The molecule has 7 heteroatoms. The van der Waals surface area contributed by atoms with E-state index in [0.717, 1.165) is 0 Å². The number of ether oxygens (including phenoxy) is 1. The molecule has 0 aliphatic heterocycles. The quantitative estimate of drug-likeness (QED) is 0.611. The summed E-state index contributed by atoms with van der Waals surface area (Å²) in [7, 11) is 0. The van der Waals surface area contributed by atoms with Gasteiger partial charge in [0.2, 0.25) is 5.91 Å². The van der Waals surface area contributed by atoms with Gasteiger partial charge in [-0.25, -0.2) is 4.79 Å². The van der Waals surface area contributed by atoms with Crippen LogP contribution in [0.25, 0.3) is 0 Å². The molecule has 0 aromatic rings. The van der Waals surface area contributed by atoms with E-state index in [0.29, 0.717) is 0 Å². The number of carboxylic acid groups (broad SMARTS) is 1. The lowest BCUT2D eigenvalue weighted by Gasteiger charge is -2.21. The van der Waals surface area contributed by atoms with Crippen LogP contribution in [0.1, 0.15) is 27.7 Å². The highest BCUT2D eigenvalue weighted by Gasteiger charge is 2.20. The van der Waals surface area contributed by atoms with Crippen molar-refractivity contribution >= 4 is 18.0 Å². The van der Waals surface area contributed by atoms with E-state index < -0.39 is 36.2 Å². The summed E-state index contributed by atoms with van der Waals surface area (Å²) in [5, 5.41) is 12.8. The molecule has 0 spiro atoms. The zero-order valence-corrected chi connectivity index (χ0v) is 10.4. The molecule has 0 radical (unpaired) electrons. The number of carbonyl (C=O) groups excluding carboxylic acids is 2. The van der Waals surface area contributed by atoms with E-state index >= 15 is 0 Å². The summed E-state index contributed by atoms with van der Waals surface area (Å²) in [4.78, 5) is 32.8. The molecule has 1 atom stereocenters. The summed E-state index contributed by atoms with van der Waals surface area (Å²) < 4.78 is 4.94. The smallest absolute Gasteiger partial charge is 0.408 e. The topological polar surface area (TPSA) is 105 Å². The first-order chi connectivity index (χ1) is 7.61. The number of carboxylic acids is 1. The third-order valence-electron chi connectivity index (χ3n) is 1.54. The molecule has 0 aliphatic rings. The summed E-state index contributed by atoms with van der Waals surface area (Å²) in [5.74, 6) is -1.74. The second-order valence-electron chi connectivity index (χ2n) is 4.48. The molecule has 0 aromatic heterocycles. The van der Waals surface area contributed by atoms with Crippen LogP contribution < -0.4 is 10.6 Å². The van der Waals surface area contributed by atoms with Gasteiger partial charge in [0.05, 0.1) is 0 Å². The number of rotatable bonds is 4. The maximum absolute atomic E-state index is 11.3. The SMILES string of the molecule is CC([15NH]C(=O)OC(C)(C)C)C(=O)NCC(=O)O. The Morgan fingerprint density at radius 1 is 1.29 bits per heavy atom. The molecule has 2 amide bonds. The van der Waals surface area contributed by atoms with Crippen LogP contribution in [0.4, 0.5) is 4.79 Å². The van der Waals surface area contributed by atoms with E-state index in [1.165, 1.54) is 6.92 Å². The number of carbonyl (C=O) groups is 3. The van der Waals surface area contributed by atoms with Crippen molar-refractivity contribution in [2.45, 2.75) is 39.3 Å². The highest BCUT2D eigenvalue weighted by Crippen LogP contribution is 2.06. The number of hydrogen-bond acceptors (Lipinski definition) is 4. The maximum Gasteiger partial charge on any atom is 0.408 e. The second-order valence-corrected chi connectivity index (χ2v) is 4.48. The molecule has 0 aromatic carbocycles. The predicted octanol–water partition coefficient (Wildman–Crippen LogP) is 0.100. The molecule has 0 heterocycles. The van der Waals surface area contributed by atoms with Crippen LogP contribution in [0.3, 0.4) is 0 Å². The minimum atomic E-state index is -1.15. The van der Waals surface area contributed by atoms with Gasteiger partial charge in [-0.05, 0) is 27.7 Å². The van der Waals surface area contributed by atoms with Crippen LogP contribution in [0.15, 0.2) is 0 Å². The summed E-state index contributed by atoms with van der Waals surface area (Å²) in [6, 6.07) is -0.857. The average Bonchev–Trinajstić information content (AvgIpc) is 2.10. The van der Waals surface area contributed by atoms with Gasteiger partial charge >= 0.3 is 12.1 Å². The van der Waals surface area contributed by atoms with E-state index in [9.17, 15) is 14.4 Å². The van der Waals surface area contributed by atoms with E-state index in [1.54, 1.807) is 20.8 Å². The van der Waals surface area contributed by atoms with Gasteiger partial charge in [0.25, 0.3) is 0 Å². The Morgan fingerprint density at radius 2 is 1.82 bits per heavy atom. The van der Waals surface area contributed by atoms with Gasteiger partial charge in [-0.1, -0.05) is 0 Å². The standard InChI is InChI=1S/C10H18N2O5/c1-6(8(15)11-5-7(13)14)12-9(16)17-10(2,3)4/h6H,5H2,1-4H3,(H,11,15)(H,12,16)(H,13,14)/i12+1. The Balaban J connectivity index is 4.08. The summed E-state index contributed by atoms with van der Waals surface area (Å²) in [6.07, 6.45) is -0.726.